The fourth-order valence-corrected chi connectivity index (χ4v) is 2.93. The topological polar surface area (TPSA) is 72.9 Å². The van der Waals surface area contributed by atoms with Gasteiger partial charge in [0.15, 0.2) is 0 Å². The minimum Gasteiger partial charge on any atom is -0.496 e. The molecule has 1 aromatic carbocycles. The smallest absolute Gasteiger partial charge is 0.261 e. The van der Waals surface area contributed by atoms with Crippen molar-refractivity contribution in [2.45, 2.75) is 11.3 Å². The first-order valence-electron chi connectivity index (χ1n) is 6.39. The van der Waals surface area contributed by atoms with Gasteiger partial charge in [-0.05, 0) is 18.2 Å². The Hall–Kier alpha value is -1.31. The van der Waals surface area contributed by atoms with Gasteiger partial charge in [-0.15, -0.1) is 0 Å². The normalized spacial score (nSPS) is 15.8. The Bertz CT molecular complexity index is 625. The fourth-order valence-electron chi connectivity index (χ4n) is 2.13. The summed E-state index contributed by atoms with van der Waals surface area (Å²) in [6.45, 7) is 2.10. The van der Waals surface area contributed by atoms with E-state index in [1.165, 1.54) is 25.3 Å². The van der Waals surface area contributed by atoms with Crippen LogP contribution in [0.2, 0.25) is 0 Å². The van der Waals surface area contributed by atoms with Gasteiger partial charge in [0.25, 0.3) is 9.05 Å². The summed E-state index contributed by atoms with van der Waals surface area (Å²) in [4.78, 5) is 13.9. The predicted molar refractivity (Wildman–Crippen MR) is 77.1 cm³/mol. The molecule has 2 rings (SSSR count). The number of rotatable bonds is 4. The first-order valence-corrected chi connectivity index (χ1v) is 8.70. The lowest BCUT2D eigenvalue weighted by Crippen LogP contribution is -2.41. The summed E-state index contributed by atoms with van der Waals surface area (Å²) in [6.07, 6.45) is 0.0590. The molecule has 1 saturated heterocycles. The number of morpholine rings is 1. The molecule has 0 unspecified atom stereocenters. The van der Waals surface area contributed by atoms with Crippen LogP contribution >= 0.6 is 10.7 Å². The number of amides is 1. The quantitative estimate of drug-likeness (QED) is 0.769. The molecule has 1 fully saturated rings. The van der Waals surface area contributed by atoms with Crippen molar-refractivity contribution in [3.63, 3.8) is 0 Å². The average molecular weight is 334 g/mol. The molecule has 1 aromatic rings. The van der Waals surface area contributed by atoms with Crippen LogP contribution in [0.3, 0.4) is 0 Å². The number of hydrogen-bond acceptors (Lipinski definition) is 5. The second-order valence-corrected chi connectivity index (χ2v) is 7.15. The summed E-state index contributed by atoms with van der Waals surface area (Å²) in [6, 6.07) is 4.22. The van der Waals surface area contributed by atoms with Gasteiger partial charge in [-0.2, -0.15) is 0 Å². The molecular weight excluding hydrogens is 318 g/mol. The van der Waals surface area contributed by atoms with Crippen molar-refractivity contribution < 1.29 is 22.7 Å². The highest BCUT2D eigenvalue weighted by molar-refractivity contribution is 8.13. The summed E-state index contributed by atoms with van der Waals surface area (Å²) in [7, 11) is 2.96. The standard InChI is InChI=1S/C13H16ClNO5S/c1-19-12-3-2-11(21(14,17)18)8-10(12)9-13(16)15-4-6-20-7-5-15/h2-3,8H,4-7,9H2,1H3. The maximum Gasteiger partial charge on any atom is 0.261 e. The van der Waals surface area contributed by atoms with Crippen molar-refractivity contribution in [3.8, 4) is 5.75 Å². The summed E-state index contributed by atoms with van der Waals surface area (Å²) in [5, 5.41) is 0. The Kier molecular flexibility index (Phi) is 5.08. The van der Waals surface area contributed by atoms with E-state index >= 15 is 0 Å². The molecule has 21 heavy (non-hydrogen) atoms. The maximum absolute atomic E-state index is 12.2. The number of benzene rings is 1. The van der Waals surface area contributed by atoms with Crippen molar-refractivity contribution in [3.05, 3.63) is 23.8 Å². The van der Waals surface area contributed by atoms with Crippen molar-refractivity contribution in [1.82, 2.24) is 4.90 Å². The largest absolute Gasteiger partial charge is 0.496 e. The van der Waals surface area contributed by atoms with Gasteiger partial charge >= 0.3 is 0 Å². The molecule has 0 bridgehead atoms. The van der Waals surface area contributed by atoms with Gasteiger partial charge in [0, 0.05) is 29.3 Å². The Morgan fingerprint density at radius 1 is 1.38 bits per heavy atom. The van der Waals surface area contributed by atoms with Gasteiger partial charge < -0.3 is 14.4 Å². The van der Waals surface area contributed by atoms with Crippen LogP contribution < -0.4 is 4.74 Å². The van der Waals surface area contributed by atoms with Crippen molar-refractivity contribution >= 4 is 25.6 Å². The Morgan fingerprint density at radius 3 is 2.62 bits per heavy atom. The van der Waals surface area contributed by atoms with Crippen LogP contribution in [0.25, 0.3) is 0 Å². The van der Waals surface area contributed by atoms with Crippen LogP contribution in [-0.4, -0.2) is 52.6 Å². The van der Waals surface area contributed by atoms with E-state index in [2.05, 4.69) is 0 Å². The zero-order chi connectivity index (χ0) is 15.5. The Balaban J connectivity index is 2.22. The van der Waals surface area contributed by atoms with Crippen molar-refractivity contribution in [2.75, 3.05) is 33.4 Å². The molecule has 0 radical (unpaired) electrons. The lowest BCUT2D eigenvalue weighted by molar-refractivity contribution is -0.134. The molecule has 1 aliphatic heterocycles. The molecule has 0 spiro atoms. The zero-order valence-corrected chi connectivity index (χ0v) is 13.1. The second-order valence-electron chi connectivity index (χ2n) is 4.58. The number of methoxy groups -OCH3 is 1. The third-order valence-corrected chi connectivity index (χ3v) is 4.59. The van der Waals surface area contributed by atoms with Gasteiger partial charge in [-0.3, -0.25) is 4.79 Å². The number of ether oxygens (including phenoxy) is 2. The monoisotopic (exact) mass is 333 g/mol. The summed E-state index contributed by atoms with van der Waals surface area (Å²) < 4.78 is 33.1. The van der Waals surface area contributed by atoms with Crippen LogP contribution in [0.15, 0.2) is 23.1 Å². The van der Waals surface area contributed by atoms with Gasteiger partial charge in [0.2, 0.25) is 5.91 Å². The summed E-state index contributed by atoms with van der Waals surface area (Å²) >= 11 is 0. The highest BCUT2D eigenvalue weighted by atomic mass is 35.7. The lowest BCUT2D eigenvalue weighted by atomic mass is 10.1. The van der Waals surface area contributed by atoms with E-state index in [1.807, 2.05) is 0 Å². The van der Waals surface area contributed by atoms with E-state index in [0.717, 1.165) is 0 Å². The first kappa shape index (κ1) is 16.1. The van der Waals surface area contributed by atoms with Crippen molar-refractivity contribution in [2.24, 2.45) is 0 Å². The average Bonchev–Trinajstić information content (AvgIpc) is 2.47. The molecule has 1 amide bonds. The molecule has 0 aliphatic carbocycles. The summed E-state index contributed by atoms with van der Waals surface area (Å²) in [5.41, 5.74) is 0.496. The number of nitrogens with zero attached hydrogens (tertiary/aromatic N) is 1. The van der Waals surface area contributed by atoms with Crippen LogP contribution in [0.4, 0.5) is 0 Å². The summed E-state index contributed by atoms with van der Waals surface area (Å²) in [5.74, 6) is 0.362. The fraction of sp³-hybridized carbons (Fsp3) is 0.462. The molecule has 116 valence electrons. The van der Waals surface area contributed by atoms with Crippen LogP contribution in [0, 0.1) is 0 Å². The van der Waals surface area contributed by atoms with Crippen LogP contribution in [-0.2, 0) is 25.0 Å². The van der Waals surface area contributed by atoms with Gasteiger partial charge in [-0.1, -0.05) is 0 Å². The molecule has 0 aromatic heterocycles. The molecule has 8 heteroatoms. The lowest BCUT2D eigenvalue weighted by Gasteiger charge is -2.27. The first-order chi connectivity index (χ1) is 9.91. The number of carbonyl (C=O) groups excluding carboxylic acids is 1. The Morgan fingerprint density at radius 2 is 2.05 bits per heavy atom. The Labute approximate surface area is 128 Å². The molecule has 0 N–H and O–H groups in total. The SMILES string of the molecule is COc1ccc(S(=O)(=O)Cl)cc1CC(=O)N1CCOCC1. The van der Waals surface area contributed by atoms with Gasteiger partial charge in [-0.25, -0.2) is 8.42 Å². The van der Waals surface area contributed by atoms with Crippen LogP contribution in [0.5, 0.6) is 5.75 Å². The minimum atomic E-state index is -3.84. The number of hydrogen-bond donors (Lipinski definition) is 0. The second kappa shape index (κ2) is 6.64. The molecular formula is C13H16ClNO5S. The highest BCUT2D eigenvalue weighted by Gasteiger charge is 2.20. The molecule has 6 nitrogen and oxygen atoms in total. The molecule has 1 aliphatic rings. The zero-order valence-electron chi connectivity index (χ0n) is 11.5. The van der Waals surface area contributed by atoms with Gasteiger partial charge in [0.05, 0.1) is 31.6 Å². The minimum absolute atomic E-state index is 0.0465. The third kappa shape index (κ3) is 4.09. The van der Waals surface area contributed by atoms with E-state index in [0.29, 0.717) is 37.6 Å². The maximum atomic E-state index is 12.2. The molecule has 0 saturated carbocycles. The predicted octanol–water partition coefficient (Wildman–Crippen LogP) is 1.02. The highest BCUT2D eigenvalue weighted by Crippen LogP contribution is 2.25. The molecule has 0 atom stereocenters. The van der Waals surface area contributed by atoms with E-state index < -0.39 is 9.05 Å². The van der Waals surface area contributed by atoms with Crippen molar-refractivity contribution in [1.29, 1.82) is 0 Å². The van der Waals surface area contributed by atoms with Gasteiger partial charge in [0.1, 0.15) is 5.75 Å². The van der Waals surface area contributed by atoms with E-state index in [4.69, 9.17) is 20.2 Å². The third-order valence-electron chi connectivity index (χ3n) is 3.24. The van der Waals surface area contributed by atoms with E-state index in [9.17, 15) is 13.2 Å². The van der Waals surface area contributed by atoms with E-state index in [-0.39, 0.29) is 17.2 Å². The molecule has 1 heterocycles. The number of carbonyl (C=O) groups is 1. The van der Waals surface area contributed by atoms with E-state index in [1.54, 1.807) is 4.90 Å². The van der Waals surface area contributed by atoms with Crippen LogP contribution in [0.1, 0.15) is 5.56 Å². The number of halogens is 1.